The molecular weight excluding hydrogens is 268 g/mol. The van der Waals surface area contributed by atoms with Gasteiger partial charge in [-0.05, 0) is 40.1 Å². The van der Waals surface area contributed by atoms with Crippen molar-refractivity contribution >= 4 is 25.2 Å². The van der Waals surface area contributed by atoms with E-state index in [1.807, 2.05) is 6.92 Å². The van der Waals surface area contributed by atoms with E-state index in [4.69, 9.17) is 5.73 Å². The molecule has 0 saturated heterocycles. The third-order valence-corrected chi connectivity index (χ3v) is 4.09. The first-order valence-corrected chi connectivity index (χ1v) is 6.62. The smallest absolute Gasteiger partial charge is 0.423 e. The standard InChI is InChI=1S/C14H15B2NO4/c1-14(17)12-6-8(15(18)19)2-4-10(12)11-5-3-9(16(20)21)7-13(11)14/h2-7,18-21H,17H2,1H3. The highest BCUT2D eigenvalue weighted by Crippen LogP contribution is 2.44. The Hall–Kier alpha value is -1.63. The summed E-state index contributed by atoms with van der Waals surface area (Å²) in [6.07, 6.45) is 0. The fourth-order valence-electron chi connectivity index (χ4n) is 2.92. The largest absolute Gasteiger partial charge is 0.488 e. The Labute approximate surface area is 123 Å². The van der Waals surface area contributed by atoms with E-state index in [0.29, 0.717) is 10.9 Å². The fraction of sp³-hybridized carbons (Fsp3) is 0.143. The predicted molar refractivity (Wildman–Crippen MR) is 82.2 cm³/mol. The van der Waals surface area contributed by atoms with Crippen LogP contribution in [0.15, 0.2) is 36.4 Å². The van der Waals surface area contributed by atoms with Crippen LogP contribution in [0.2, 0.25) is 0 Å². The van der Waals surface area contributed by atoms with Crippen LogP contribution in [-0.4, -0.2) is 34.3 Å². The SMILES string of the molecule is CC1(N)c2cc(B(O)O)ccc2-c2ccc(B(O)O)cc21. The first kappa shape index (κ1) is 14.3. The van der Waals surface area contributed by atoms with Crippen LogP contribution in [0, 0.1) is 0 Å². The van der Waals surface area contributed by atoms with E-state index in [1.54, 1.807) is 36.4 Å². The summed E-state index contributed by atoms with van der Waals surface area (Å²) in [6.45, 7) is 1.82. The van der Waals surface area contributed by atoms with Crippen LogP contribution >= 0.6 is 0 Å². The topological polar surface area (TPSA) is 107 Å². The van der Waals surface area contributed by atoms with Crippen molar-refractivity contribution in [2.75, 3.05) is 0 Å². The van der Waals surface area contributed by atoms with Gasteiger partial charge in [0.1, 0.15) is 0 Å². The summed E-state index contributed by atoms with van der Waals surface area (Å²) in [5.41, 5.74) is 9.73. The zero-order valence-electron chi connectivity index (χ0n) is 11.5. The number of fused-ring (bicyclic) bond motifs is 3. The van der Waals surface area contributed by atoms with Gasteiger partial charge in [-0.1, -0.05) is 36.4 Å². The second kappa shape index (κ2) is 4.69. The van der Waals surface area contributed by atoms with Crippen molar-refractivity contribution in [3.8, 4) is 11.1 Å². The Kier molecular flexibility index (Phi) is 3.20. The molecule has 1 aliphatic rings. The van der Waals surface area contributed by atoms with Crippen LogP contribution in [0.5, 0.6) is 0 Å². The predicted octanol–water partition coefficient (Wildman–Crippen LogP) is -1.75. The van der Waals surface area contributed by atoms with E-state index < -0.39 is 19.8 Å². The molecule has 0 saturated carbocycles. The van der Waals surface area contributed by atoms with Crippen LogP contribution in [0.3, 0.4) is 0 Å². The summed E-state index contributed by atoms with van der Waals surface area (Å²) in [5, 5.41) is 37.2. The Morgan fingerprint density at radius 3 is 1.52 bits per heavy atom. The first-order valence-electron chi connectivity index (χ1n) is 6.62. The minimum Gasteiger partial charge on any atom is -0.423 e. The molecular formula is C14H15B2NO4. The minimum absolute atomic E-state index is 0.376. The van der Waals surface area contributed by atoms with Crippen LogP contribution in [0.1, 0.15) is 18.1 Å². The van der Waals surface area contributed by atoms with Gasteiger partial charge in [0.05, 0.1) is 5.54 Å². The molecule has 5 nitrogen and oxygen atoms in total. The third kappa shape index (κ3) is 2.10. The van der Waals surface area contributed by atoms with E-state index in [-0.39, 0.29) is 0 Å². The van der Waals surface area contributed by atoms with Gasteiger partial charge in [0.25, 0.3) is 0 Å². The number of hydrogen-bond donors (Lipinski definition) is 5. The lowest BCUT2D eigenvalue weighted by molar-refractivity contribution is 0.424. The molecule has 0 fully saturated rings. The summed E-state index contributed by atoms with van der Waals surface area (Å²) in [5.74, 6) is 0. The molecule has 0 aliphatic heterocycles. The van der Waals surface area contributed by atoms with Crippen molar-refractivity contribution in [2.45, 2.75) is 12.5 Å². The molecule has 0 spiro atoms. The lowest BCUT2D eigenvalue weighted by Gasteiger charge is -2.22. The molecule has 0 heterocycles. The highest BCUT2D eigenvalue weighted by molar-refractivity contribution is 6.59. The second-order valence-electron chi connectivity index (χ2n) is 5.56. The Balaban J connectivity index is 2.22. The van der Waals surface area contributed by atoms with Gasteiger partial charge in [-0.15, -0.1) is 0 Å². The molecule has 6 N–H and O–H groups in total. The van der Waals surface area contributed by atoms with Crippen molar-refractivity contribution in [2.24, 2.45) is 5.73 Å². The highest BCUT2D eigenvalue weighted by atomic mass is 16.4. The maximum Gasteiger partial charge on any atom is 0.488 e. The molecule has 0 atom stereocenters. The van der Waals surface area contributed by atoms with Crippen LogP contribution in [0.25, 0.3) is 11.1 Å². The van der Waals surface area contributed by atoms with Crippen LogP contribution in [0.4, 0.5) is 0 Å². The van der Waals surface area contributed by atoms with Crippen molar-refractivity contribution in [3.05, 3.63) is 47.5 Å². The van der Waals surface area contributed by atoms with Gasteiger partial charge in [-0.3, -0.25) is 0 Å². The van der Waals surface area contributed by atoms with E-state index in [0.717, 1.165) is 22.3 Å². The van der Waals surface area contributed by atoms with E-state index >= 15 is 0 Å². The maximum atomic E-state index is 9.31. The molecule has 0 unspecified atom stereocenters. The Bertz CT molecular complexity index is 657. The van der Waals surface area contributed by atoms with Gasteiger partial charge in [0, 0.05) is 0 Å². The summed E-state index contributed by atoms with van der Waals surface area (Å²) in [4.78, 5) is 0. The number of hydrogen-bond acceptors (Lipinski definition) is 5. The van der Waals surface area contributed by atoms with Gasteiger partial charge in [0.2, 0.25) is 0 Å². The van der Waals surface area contributed by atoms with Crippen LogP contribution in [-0.2, 0) is 5.54 Å². The van der Waals surface area contributed by atoms with E-state index in [2.05, 4.69) is 0 Å². The van der Waals surface area contributed by atoms with Gasteiger partial charge in [-0.25, -0.2) is 0 Å². The molecule has 1 aliphatic carbocycles. The van der Waals surface area contributed by atoms with E-state index in [9.17, 15) is 20.1 Å². The molecule has 2 aromatic carbocycles. The molecule has 7 heteroatoms. The maximum absolute atomic E-state index is 9.31. The summed E-state index contributed by atoms with van der Waals surface area (Å²) < 4.78 is 0. The van der Waals surface area contributed by atoms with Gasteiger partial charge in [0.15, 0.2) is 0 Å². The number of benzene rings is 2. The average Bonchev–Trinajstić information content (AvgIpc) is 2.67. The third-order valence-electron chi connectivity index (χ3n) is 4.09. The molecule has 0 bridgehead atoms. The van der Waals surface area contributed by atoms with Gasteiger partial charge >= 0.3 is 14.2 Å². The molecule has 106 valence electrons. The molecule has 3 rings (SSSR count). The normalized spacial score (nSPS) is 14.6. The van der Waals surface area contributed by atoms with Crippen LogP contribution < -0.4 is 16.7 Å². The van der Waals surface area contributed by atoms with Crippen molar-refractivity contribution in [1.29, 1.82) is 0 Å². The Morgan fingerprint density at radius 1 is 0.810 bits per heavy atom. The van der Waals surface area contributed by atoms with Crippen molar-refractivity contribution in [1.82, 2.24) is 0 Å². The highest BCUT2D eigenvalue weighted by Gasteiger charge is 2.37. The Morgan fingerprint density at radius 2 is 1.19 bits per heavy atom. The quantitative estimate of drug-likeness (QED) is 0.420. The zero-order chi connectivity index (χ0) is 15.4. The fourth-order valence-corrected chi connectivity index (χ4v) is 2.92. The molecule has 0 radical (unpaired) electrons. The molecule has 2 aromatic rings. The first-order chi connectivity index (χ1) is 9.82. The average molecular weight is 283 g/mol. The van der Waals surface area contributed by atoms with E-state index in [1.165, 1.54) is 0 Å². The van der Waals surface area contributed by atoms with Gasteiger partial charge < -0.3 is 25.8 Å². The van der Waals surface area contributed by atoms with Crippen molar-refractivity contribution in [3.63, 3.8) is 0 Å². The second-order valence-corrected chi connectivity index (χ2v) is 5.56. The van der Waals surface area contributed by atoms with Gasteiger partial charge in [-0.2, -0.15) is 0 Å². The summed E-state index contributed by atoms with van der Waals surface area (Å²) in [6, 6.07) is 10.2. The molecule has 0 aromatic heterocycles. The summed E-state index contributed by atoms with van der Waals surface area (Å²) >= 11 is 0. The van der Waals surface area contributed by atoms with Crippen molar-refractivity contribution < 1.29 is 20.1 Å². The minimum atomic E-state index is -1.55. The lowest BCUT2D eigenvalue weighted by atomic mass is 9.76. The number of nitrogens with two attached hydrogens (primary N) is 1. The lowest BCUT2D eigenvalue weighted by Crippen LogP contribution is -2.37. The summed E-state index contributed by atoms with van der Waals surface area (Å²) in [7, 11) is -3.10. The molecule has 0 amide bonds. The zero-order valence-corrected chi connectivity index (χ0v) is 11.5. The number of rotatable bonds is 2. The monoisotopic (exact) mass is 283 g/mol. The molecule has 21 heavy (non-hydrogen) atoms.